The number of hydrogen-bond acceptors (Lipinski definition) is 3. The third-order valence-corrected chi connectivity index (χ3v) is 2.30. The molecule has 0 aromatic heterocycles. The quantitative estimate of drug-likeness (QED) is 0.493. The van der Waals surface area contributed by atoms with Crippen molar-refractivity contribution >= 4 is 24.7 Å². The molecule has 0 amide bonds. The molecule has 0 saturated carbocycles. The number of aliphatic carboxylic acids is 1. The number of carboxylic acid groups (broad SMARTS) is 1. The summed E-state index contributed by atoms with van der Waals surface area (Å²) in [4.78, 5) is 10.3. The van der Waals surface area contributed by atoms with Crippen LogP contribution in [0.25, 0.3) is 6.08 Å². The molecule has 3 nitrogen and oxygen atoms in total. The van der Waals surface area contributed by atoms with E-state index in [0.29, 0.717) is 5.56 Å². The van der Waals surface area contributed by atoms with Crippen molar-refractivity contribution in [1.82, 2.24) is 0 Å². The second-order valence-corrected chi connectivity index (χ2v) is 3.56. The van der Waals surface area contributed by atoms with Gasteiger partial charge in [-0.15, -0.1) is 12.6 Å². The van der Waals surface area contributed by atoms with Crippen LogP contribution < -0.4 is 4.74 Å². The molecule has 1 aromatic rings. The SMILES string of the molecule is COc1cccc(/C=C/C=C(\S)C(=O)O)c1F. The third kappa shape index (κ3) is 3.64. The summed E-state index contributed by atoms with van der Waals surface area (Å²) in [6.45, 7) is 0. The van der Waals surface area contributed by atoms with Crippen LogP contribution in [0.15, 0.2) is 35.3 Å². The summed E-state index contributed by atoms with van der Waals surface area (Å²) in [5, 5.41) is 8.54. The maximum atomic E-state index is 13.6. The van der Waals surface area contributed by atoms with E-state index in [1.165, 1.54) is 31.4 Å². The lowest BCUT2D eigenvalue weighted by atomic mass is 10.2. The fourth-order valence-electron chi connectivity index (χ4n) is 1.13. The number of ether oxygens (including phenoxy) is 1. The van der Waals surface area contributed by atoms with Gasteiger partial charge in [-0.1, -0.05) is 24.3 Å². The molecule has 0 aliphatic carbocycles. The van der Waals surface area contributed by atoms with E-state index in [9.17, 15) is 9.18 Å². The van der Waals surface area contributed by atoms with E-state index in [1.807, 2.05) is 0 Å². The van der Waals surface area contributed by atoms with Crippen LogP contribution in [0.5, 0.6) is 5.75 Å². The first-order valence-corrected chi connectivity index (χ1v) is 5.14. The molecule has 0 saturated heterocycles. The van der Waals surface area contributed by atoms with Crippen molar-refractivity contribution in [1.29, 1.82) is 0 Å². The molecule has 0 bridgehead atoms. The van der Waals surface area contributed by atoms with Crippen molar-refractivity contribution in [3.05, 3.63) is 46.6 Å². The standard InChI is InChI=1S/C12H11FO3S/c1-16-9-6-2-4-8(11(9)13)5-3-7-10(17)12(14)15/h2-7,17H,1H3,(H,14,15)/b5-3+,10-7-. The number of hydrogen-bond donors (Lipinski definition) is 2. The molecule has 0 spiro atoms. The molecule has 0 fully saturated rings. The first-order valence-electron chi connectivity index (χ1n) is 4.69. The van der Waals surface area contributed by atoms with Crippen LogP contribution in [0.4, 0.5) is 4.39 Å². The van der Waals surface area contributed by atoms with Crippen LogP contribution in [0, 0.1) is 5.82 Å². The van der Waals surface area contributed by atoms with Gasteiger partial charge < -0.3 is 9.84 Å². The van der Waals surface area contributed by atoms with Crippen molar-refractivity contribution in [2.45, 2.75) is 0 Å². The average Bonchev–Trinajstić information content (AvgIpc) is 2.31. The summed E-state index contributed by atoms with van der Waals surface area (Å²) in [7, 11) is 1.38. The number of carboxylic acids is 1. The van der Waals surface area contributed by atoms with Crippen molar-refractivity contribution < 1.29 is 19.0 Å². The van der Waals surface area contributed by atoms with E-state index in [4.69, 9.17) is 9.84 Å². The molecule has 90 valence electrons. The Morgan fingerprint density at radius 1 is 1.53 bits per heavy atom. The Kier molecular flexibility index (Phi) is 4.78. The average molecular weight is 254 g/mol. The predicted octanol–water partition coefficient (Wildman–Crippen LogP) is 2.75. The summed E-state index contributed by atoms with van der Waals surface area (Å²) in [6.07, 6.45) is 4.12. The zero-order valence-corrected chi connectivity index (χ0v) is 9.95. The second-order valence-electron chi connectivity index (χ2n) is 3.08. The van der Waals surface area contributed by atoms with Gasteiger partial charge in [0.05, 0.1) is 12.0 Å². The van der Waals surface area contributed by atoms with Crippen LogP contribution in [0.1, 0.15) is 5.56 Å². The molecular weight excluding hydrogens is 243 g/mol. The second kappa shape index (κ2) is 6.10. The third-order valence-electron chi connectivity index (χ3n) is 1.96. The molecule has 5 heteroatoms. The highest BCUT2D eigenvalue weighted by molar-refractivity contribution is 7.85. The lowest BCUT2D eigenvalue weighted by Crippen LogP contribution is -1.92. The van der Waals surface area contributed by atoms with Crippen LogP contribution in [-0.4, -0.2) is 18.2 Å². The summed E-state index contributed by atoms with van der Waals surface area (Å²) in [5.41, 5.74) is 0.312. The fourth-order valence-corrected chi connectivity index (χ4v) is 1.21. The molecule has 0 unspecified atom stereocenters. The molecule has 17 heavy (non-hydrogen) atoms. The first-order chi connectivity index (χ1) is 8.06. The highest BCUT2D eigenvalue weighted by Crippen LogP contribution is 2.20. The molecule has 1 aromatic carbocycles. The maximum absolute atomic E-state index is 13.6. The van der Waals surface area contributed by atoms with Gasteiger partial charge in [0.25, 0.3) is 0 Å². The van der Waals surface area contributed by atoms with Gasteiger partial charge in [0.15, 0.2) is 11.6 Å². The summed E-state index contributed by atoms with van der Waals surface area (Å²) in [5.74, 6) is -1.49. The minimum atomic E-state index is -1.14. The number of rotatable bonds is 4. The molecule has 1 N–H and O–H groups in total. The number of methoxy groups -OCH3 is 1. The van der Waals surface area contributed by atoms with Gasteiger partial charge in [-0.25, -0.2) is 9.18 Å². The van der Waals surface area contributed by atoms with Crippen LogP contribution in [0.3, 0.4) is 0 Å². The molecule has 0 aliphatic rings. The number of carbonyl (C=O) groups is 1. The highest BCUT2D eigenvalue weighted by atomic mass is 32.1. The summed E-state index contributed by atoms with van der Waals surface area (Å²) >= 11 is 3.73. The Hall–Kier alpha value is -1.75. The topological polar surface area (TPSA) is 46.5 Å². The molecule has 1 rings (SSSR count). The van der Waals surface area contributed by atoms with Crippen molar-refractivity contribution in [2.24, 2.45) is 0 Å². The summed E-state index contributed by atoms with van der Waals surface area (Å²) in [6, 6.07) is 4.70. The van der Waals surface area contributed by atoms with Crippen LogP contribution in [-0.2, 0) is 4.79 Å². The van der Waals surface area contributed by atoms with Gasteiger partial charge in [-0.3, -0.25) is 0 Å². The van der Waals surface area contributed by atoms with Crippen molar-refractivity contribution in [3.8, 4) is 5.75 Å². The molecule has 0 aliphatic heterocycles. The highest BCUT2D eigenvalue weighted by Gasteiger charge is 2.04. The Bertz CT molecular complexity index is 481. The number of allylic oxidation sites excluding steroid dienone is 2. The van der Waals surface area contributed by atoms with E-state index in [-0.39, 0.29) is 10.7 Å². The van der Waals surface area contributed by atoms with Crippen LogP contribution in [0.2, 0.25) is 0 Å². The van der Waals surface area contributed by atoms with Gasteiger partial charge in [0, 0.05) is 5.56 Å². The van der Waals surface area contributed by atoms with Gasteiger partial charge >= 0.3 is 5.97 Å². The number of halogens is 1. The Morgan fingerprint density at radius 2 is 2.24 bits per heavy atom. The predicted molar refractivity (Wildman–Crippen MR) is 66.7 cm³/mol. The molecule has 0 heterocycles. The first kappa shape index (κ1) is 13.3. The number of benzene rings is 1. The fraction of sp³-hybridized carbons (Fsp3) is 0.0833. The Morgan fingerprint density at radius 3 is 2.82 bits per heavy atom. The normalized spacial score (nSPS) is 11.8. The van der Waals surface area contributed by atoms with Gasteiger partial charge in [-0.2, -0.15) is 0 Å². The van der Waals surface area contributed by atoms with Gasteiger partial charge in [-0.05, 0) is 12.1 Å². The van der Waals surface area contributed by atoms with Gasteiger partial charge in [0.2, 0.25) is 0 Å². The van der Waals surface area contributed by atoms with E-state index < -0.39 is 11.8 Å². The minimum Gasteiger partial charge on any atom is -0.494 e. The van der Waals surface area contributed by atoms with E-state index in [0.717, 1.165) is 0 Å². The lowest BCUT2D eigenvalue weighted by molar-refractivity contribution is -0.131. The molecule has 0 atom stereocenters. The summed E-state index contributed by atoms with van der Waals surface area (Å²) < 4.78 is 18.4. The van der Waals surface area contributed by atoms with Crippen molar-refractivity contribution in [2.75, 3.05) is 7.11 Å². The van der Waals surface area contributed by atoms with Crippen LogP contribution >= 0.6 is 12.6 Å². The maximum Gasteiger partial charge on any atom is 0.341 e. The van der Waals surface area contributed by atoms with Crippen molar-refractivity contribution in [3.63, 3.8) is 0 Å². The monoisotopic (exact) mass is 254 g/mol. The zero-order chi connectivity index (χ0) is 12.8. The zero-order valence-electron chi connectivity index (χ0n) is 9.05. The van der Waals surface area contributed by atoms with E-state index in [1.54, 1.807) is 12.1 Å². The largest absolute Gasteiger partial charge is 0.494 e. The van der Waals surface area contributed by atoms with E-state index in [2.05, 4.69) is 12.6 Å². The number of thiol groups is 1. The molecule has 0 radical (unpaired) electrons. The minimum absolute atomic E-state index is 0.121. The Labute approximate surface area is 104 Å². The smallest absolute Gasteiger partial charge is 0.341 e. The lowest BCUT2D eigenvalue weighted by Gasteiger charge is -2.03. The Balaban J connectivity index is 2.93. The van der Waals surface area contributed by atoms with Gasteiger partial charge in [0.1, 0.15) is 0 Å². The molecular formula is C12H11FO3S. The van der Waals surface area contributed by atoms with E-state index >= 15 is 0 Å².